The van der Waals surface area contributed by atoms with Crippen molar-refractivity contribution in [2.45, 2.75) is 0 Å². The van der Waals surface area contributed by atoms with Crippen LogP contribution in [-0.2, 0) is 4.79 Å². The van der Waals surface area contributed by atoms with E-state index >= 15 is 0 Å². The Morgan fingerprint density at radius 1 is 1.09 bits per heavy atom. The van der Waals surface area contributed by atoms with E-state index in [0.29, 0.717) is 52.4 Å². The van der Waals surface area contributed by atoms with Gasteiger partial charge in [-0.05, 0) is 47.7 Å². The molecule has 10 nitrogen and oxygen atoms in total. The highest BCUT2D eigenvalue weighted by Crippen LogP contribution is 2.40. The Balaban J connectivity index is 1.21. The van der Waals surface area contributed by atoms with Crippen LogP contribution in [0.1, 0.15) is 15.9 Å². The first kappa shape index (κ1) is 22.0. The van der Waals surface area contributed by atoms with Crippen molar-refractivity contribution in [1.29, 1.82) is 0 Å². The average molecular weight is 484 g/mol. The normalized spacial score (nSPS) is 17.3. The third-order valence-corrected chi connectivity index (χ3v) is 6.19. The van der Waals surface area contributed by atoms with Crippen LogP contribution in [0, 0.1) is 0 Å². The number of carbonyl (C=O) groups is 3. The largest absolute Gasteiger partial charge is 0.493 e. The lowest BCUT2D eigenvalue weighted by molar-refractivity contribution is -0.122. The Kier molecular flexibility index (Phi) is 5.93. The number of methoxy groups -OCH3 is 1. The van der Waals surface area contributed by atoms with Crippen LogP contribution < -0.4 is 29.0 Å². The molecule has 5 rings (SSSR count). The lowest BCUT2D eigenvalue weighted by Crippen LogP contribution is -2.37. The number of benzene rings is 2. The maximum atomic E-state index is 12.7. The molecular weight excluding hydrogens is 464 g/mol. The standard InChI is InChI=1S/C23H20N2O8S/c1-29-17-10-14(11-18-20(17)31-7-6-30-18)21(26)24-4-5-25-22(27)19(34-23(25)28)9-13-2-3-15-16(8-13)33-12-32-15/h2-3,8-11H,4-7,12H2,1H3,(H,24,26). The molecule has 176 valence electrons. The van der Waals surface area contributed by atoms with Crippen LogP contribution in [0.15, 0.2) is 35.2 Å². The number of ether oxygens (including phenoxy) is 5. The number of thioether (sulfide) groups is 1. The van der Waals surface area contributed by atoms with Crippen LogP contribution in [0.25, 0.3) is 6.08 Å². The van der Waals surface area contributed by atoms with E-state index in [0.717, 1.165) is 22.2 Å². The van der Waals surface area contributed by atoms with E-state index in [1.165, 1.54) is 7.11 Å². The Morgan fingerprint density at radius 3 is 2.76 bits per heavy atom. The van der Waals surface area contributed by atoms with Crippen molar-refractivity contribution in [1.82, 2.24) is 10.2 Å². The van der Waals surface area contributed by atoms with Crippen molar-refractivity contribution >= 4 is 34.9 Å². The van der Waals surface area contributed by atoms with Gasteiger partial charge < -0.3 is 29.0 Å². The first-order valence-corrected chi connectivity index (χ1v) is 11.3. The fourth-order valence-corrected chi connectivity index (χ4v) is 4.50. The summed E-state index contributed by atoms with van der Waals surface area (Å²) in [6.07, 6.45) is 1.63. The van der Waals surface area contributed by atoms with Gasteiger partial charge in [0.1, 0.15) is 13.2 Å². The zero-order valence-electron chi connectivity index (χ0n) is 18.1. The van der Waals surface area contributed by atoms with Gasteiger partial charge >= 0.3 is 0 Å². The van der Waals surface area contributed by atoms with Gasteiger partial charge in [0.15, 0.2) is 23.0 Å². The van der Waals surface area contributed by atoms with Crippen LogP contribution in [-0.4, -0.2) is 62.2 Å². The van der Waals surface area contributed by atoms with Crippen molar-refractivity contribution in [3.05, 3.63) is 46.4 Å². The molecule has 0 radical (unpaired) electrons. The van der Waals surface area contributed by atoms with Gasteiger partial charge in [0, 0.05) is 18.7 Å². The Morgan fingerprint density at radius 2 is 1.91 bits per heavy atom. The third-order valence-electron chi connectivity index (χ3n) is 5.28. The van der Waals surface area contributed by atoms with E-state index in [9.17, 15) is 14.4 Å². The number of imide groups is 1. The van der Waals surface area contributed by atoms with Crippen molar-refractivity contribution in [3.63, 3.8) is 0 Å². The second-order valence-corrected chi connectivity index (χ2v) is 8.40. The first-order chi connectivity index (χ1) is 16.5. The number of nitrogens with one attached hydrogen (secondary N) is 1. The van der Waals surface area contributed by atoms with Crippen molar-refractivity contribution in [2.24, 2.45) is 0 Å². The SMILES string of the molecule is COc1cc(C(=O)NCCN2C(=O)SC(=Cc3ccc4c(c3)OCO4)C2=O)cc2c1OCCO2. The minimum atomic E-state index is -0.414. The van der Waals surface area contributed by atoms with Crippen LogP contribution >= 0.6 is 11.8 Å². The van der Waals surface area contributed by atoms with Crippen molar-refractivity contribution < 1.29 is 38.1 Å². The Labute approximate surface area is 198 Å². The summed E-state index contributed by atoms with van der Waals surface area (Å²) in [5.74, 6) is 1.69. The molecule has 1 N–H and O–H groups in total. The fourth-order valence-electron chi connectivity index (χ4n) is 3.63. The quantitative estimate of drug-likeness (QED) is 0.619. The van der Waals surface area contributed by atoms with E-state index in [-0.39, 0.29) is 19.9 Å². The summed E-state index contributed by atoms with van der Waals surface area (Å²) < 4.78 is 27.0. The number of rotatable bonds is 6. The molecule has 0 aromatic heterocycles. The predicted molar refractivity (Wildman–Crippen MR) is 122 cm³/mol. The summed E-state index contributed by atoms with van der Waals surface area (Å²) in [6.45, 7) is 1.05. The van der Waals surface area contributed by atoms with Gasteiger partial charge in [-0.1, -0.05) is 6.07 Å². The fraction of sp³-hybridized carbons (Fsp3) is 0.261. The smallest absolute Gasteiger partial charge is 0.293 e. The highest BCUT2D eigenvalue weighted by Gasteiger charge is 2.35. The van der Waals surface area contributed by atoms with E-state index in [1.54, 1.807) is 36.4 Å². The molecule has 1 fully saturated rings. The number of amides is 3. The second-order valence-electron chi connectivity index (χ2n) is 7.40. The minimum absolute atomic E-state index is 0.0383. The molecule has 3 aliphatic heterocycles. The predicted octanol–water partition coefficient (Wildman–Crippen LogP) is 2.66. The molecule has 2 aromatic carbocycles. The lowest BCUT2D eigenvalue weighted by Gasteiger charge is -2.21. The van der Waals surface area contributed by atoms with E-state index in [4.69, 9.17) is 23.7 Å². The summed E-state index contributed by atoms with van der Waals surface area (Å²) in [7, 11) is 1.48. The summed E-state index contributed by atoms with van der Waals surface area (Å²) in [5.41, 5.74) is 1.04. The maximum absolute atomic E-state index is 12.7. The summed E-state index contributed by atoms with van der Waals surface area (Å²) in [4.78, 5) is 39.2. The van der Waals surface area contributed by atoms with Gasteiger partial charge in [-0.3, -0.25) is 19.3 Å². The van der Waals surface area contributed by atoms with Crippen LogP contribution in [0.2, 0.25) is 0 Å². The van der Waals surface area contributed by atoms with E-state index in [1.807, 2.05) is 0 Å². The van der Waals surface area contributed by atoms with Gasteiger partial charge in [0.2, 0.25) is 12.5 Å². The monoisotopic (exact) mass is 484 g/mol. The molecular formula is C23H20N2O8S. The van der Waals surface area contributed by atoms with Gasteiger partial charge in [-0.25, -0.2) is 0 Å². The molecule has 0 aliphatic carbocycles. The molecule has 0 atom stereocenters. The number of fused-ring (bicyclic) bond motifs is 2. The number of nitrogens with zero attached hydrogens (tertiary/aromatic N) is 1. The number of hydrogen-bond acceptors (Lipinski definition) is 9. The second kappa shape index (κ2) is 9.18. The molecule has 3 heterocycles. The average Bonchev–Trinajstić information content (AvgIpc) is 3.42. The maximum Gasteiger partial charge on any atom is 0.293 e. The molecule has 3 aliphatic rings. The highest BCUT2D eigenvalue weighted by atomic mass is 32.2. The van der Waals surface area contributed by atoms with Gasteiger partial charge in [-0.15, -0.1) is 0 Å². The van der Waals surface area contributed by atoms with Gasteiger partial charge in [-0.2, -0.15) is 0 Å². The zero-order chi connectivity index (χ0) is 23.7. The van der Waals surface area contributed by atoms with Gasteiger partial charge in [0.05, 0.1) is 12.0 Å². The van der Waals surface area contributed by atoms with E-state index in [2.05, 4.69) is 5.32 Å². The summed E-state index contributed by atoms with van der Waals surface area (Å²) in [5, 5.41) is 2.33. The summed E-state index contributed by atoms with van der Waals surface area (Å²) >= 11 is 0.852. The minimum Gasteiger partial charge on any atom is -0.493 e. The lowest BCUT2D eigenvalue weighted by atomic mass is 10.1. The van der Waals surface area contributed by atoms with Crippen LogP contribution in [0.4, 0.5) is 4.79 Å². The first-order valence-electron chi connectivity index (χ1n) is 10.4. The third kappa shape index (κ3) is 4.21. The number of carbonyl (C=O) groups excluding carboxylic acids is 3. The van der Waals surface area contributed by atoms with Crippen LogP contribution in [0.5, 0.6) is 28.7 Å². The molecule has 3 amide bonds. The van der Waals surface area contributed by atoms with Crippen LogP contribution in [0.3, 0.4) is 0 Å². The summed E-state index contributed by atoms with van der Waals surface area (Å²) in [6, 6.07) is 8.40. The molecule has 2 aromatic rings. The highest BCUT2D eigenvalue weighted by molar-refractivity contribution is 8.18. The van der Waals surface area contributed by atoms with Crippen molar-refractivity contribution in [2.75, 3.05) is 40.2 Å². The van der Waals surface area contributed by atoms with Crippen molar-refractivity contribution in [3.8, 4) is 28.7 Å². The molecule has 34 heavy (non-hydrogen) atoms. The molecule has 0 bridgehead atoms. The Bertz CT molecular complexity index is 1190. The molecule has 11 heteroatoms. The molecule has 1 saturated heterocycles. The number of hydrogen-bond donors (Lipinski definition) is 1. The Hall–Kier alpha value is -3.86. The zero-order valence-corrected chi connectivity index (χ0v) is 18.9. The molecule has 0 spiro atoms. The van der Waals surface area contributed by atoms with Gasteiger partial charge in [0.25, 0.3) is 17.1 Å². The van der Waals surface area contributed by atoms with E-state index < -0.39 is 17.1 Å². The molecule has 0 unspecified atom stereocenters. The molecule has 0 saturated carbocycles. The topological polar surface area (TPSA) is 113 Å².